The molecule has 2 saturated heterocycles. The van der Waals surface area contributed by atoms with E-state index in [1.807, 2.05) is 25.7 Å². The molecular weight excluding hydrogens is 644 g/mol. The van der Waals surface area contributed by atoms with Crippen molar-refractivity contribution in [3.05, 3.63) is 23.9 Å². The first kappa shape index (κ1) is 35.6. The quantitative estimate of drug-likeness (QED) is 0.166. The van der Waals surface area contributed by atoms with Gasteiger partial charge in [-0.1, -0.05) is 38.4 Å². The van der Waals surface area contributed by atoms with Crippen LogP contribution in [0.1, 0.15) is 97.8 Å². The molecule has 268 valence electrons. The van der Waals surface area contributed by atoms with Crippen LogP contribution in [-0.2, 0) is 23.9 Å². The molecule has 0 aromatic carbocycles. The van der Waals surface area contributed by atoms with Gasteiger partial charge in [-0.15, -0.1) is 6.58 Å². The molecule has 11 nitrogen and oxygen atoms in total. The van der Waals surface area contributed by atoms with E-state index < -0.39 is 22.8 Å². The highest BCUT2D eigenvalue weighted by atomic mass is 35.5. The summed E-state index contributed by atoms with van der Waals surface area (Å²) in [5.41, 5.74) is -1.44. The molecule has 3 aliphatic carbocycles. The number of esters is 1. The van der Waals surface area contributed by atoms with Gasteiger partial charge in [0, 0.05) is 38.7 Å². The van der Waals surface area contributed by atoms with E-state index in [-0.39, 0.29) is 61.6 Å². The number of piperidine rings is 1. The minimum atomic E-state index is -0.857. The fourth-order valence-electron chi connectivity index (χ4n) is 7.83. The lowest BCUT2D eigenvalue weighted by molar-refractivity contribution is -0.156. The minimum absolute atomic E-state index is 0.00986. The summed E-state index contributed by atoms with van der Waals surface area (Å²) in [6.07, 6.45) is 11.4. The average molecular weight is 697 g/mol. The number of anilines is 2. The van der Waals surface area contributed by atoms with E-state index in [0.29, 0.717) is 35.8 Å². The highest BCUT2D eigenvalue weighted by Crippen LogP contribution is 2.57. The second kappa shape index (κ2) is 14.6. The van der Waals surface area contributed by atoms with Crippen LogP contribution in [0.25, 0.3) is 0 Å². The highest BCUT2D eigenvalue weighted by molar-refractivity contribution is 6.29. The number of carbonyl (C=O) groups excluding carboxylic acids is 4. The molecule has 4 atom stereocenters. The van der Waals surface area contributed by atoms with Crippen LogP contribution < -0.4 is 15.1 Å². The van der Waals surface area contributed by atoms with Gasteiger partial charge in [-0.25, -0.2) is 4.98 Å². The fourth-order valence-corrected chi connectivity index (χ4v) is 8.00. The SMILES string of the molecule is C=C[C@@H]1C[C@]1(CC(=O)[C@@H]1CN(c2cc(Cl)nc(N3CCCCC3)n2)CN1C(=O)[C@@H](CC(=O)OC1CCCC1)C(C)(C)C)C(=O)NCC1CC1. The van der Waals surface area contributed by atoms with Gasteiger partial charge >= 0.3 is 5.97 Å². The fraction of sp³-hybridized carbons (Fsp3) is 0.730. The minimum Gasteiger partial charge on any atom is -0.462 e. The maximum absolute atomic E-state index is 14.6. The van der Waals surface area contributed by atoms with Crippen LogP contribution in [0, 0.1) is 28.6 Å². The molecule has 3 heterocycles. The van der Waals surface area contributed by atoms with Crippen molar-refractivity contribution in [1.29, 1.82) is 0 Å². The van der Waals surface area contributed by atoms with Gasteiger partial charge in [0.15, 0.2) is 5.78 Å². The van der Waals surface area contributed by atoms with Gasteiger partial charge < -0.3 is 24.8 Å². The van der Waals surface area contributed by atoms with Crippen LogP contribution in [0.3, 0.4) is 0 Å². The van der Waals surface area contributed by atoms with E-state index in [9.17, 15) is 19.2 Å². The molecule has 6 rings (SSSR count). The van der Waals surface area contributed by atoms with Crippen molar-refractivity contribution >= 4 is 46.9 Å². The number of ketones is 1. The van der Waals surface area contributed by atoms with E-state index in [0.717, 1.165) is 70.9 Å². The van der Waals surface area contributed by atoms with E-state index in [2.05, 4.69) is 21.8 Å². The molecule has 5 aliphatic rings. The van der Waals surface area contributed by atoms with Crippen LogP contribution >= 0.6 is 11.6 Å². The summed E-state index contributed by atoms with van der Waals surface area (Å²) in [6, 6.07) is 0.834. The smallest absolute Gasteiger partial charge is 0.306 e. The number of rotatable bonds is 13. The second-order valence-electron chi connectivity index (χ2n) is 16.1. The number of hydrogen-bond donors (Lipinski definition) is 1. The molecular formula is C37H53ClN6O5. The number of carbonyl (C=O) groups is 4. The summed E-state index contributed by atoms with van der Waals surface area (Å²) in [4.78, 5) is 70.8. The number of nitrogens with zero attached hydrogens (tertiary/aromatic N) is 5. The number of Topliss-reactive ketones (excluding diaryl/α,β-unsaturated/α-hetero) is 1. The van der Waals surface area contributed by atoms with Crippen molar-refractivity contribution in [2.24, 2.45) is 28.6 Å². The lowest BCUT2D eigenvalue weighted by atomic mass is 9.77. The Labute approximate surface area is 295 Å². The number of halogens is 1. The molecule has 1 N–H and O–H groups in total. The van der Waals surface area contributed by atoms with Gasteiger partial charge in [-0.05, 0) is 81.5 Å². The topological polar surface area (TPSA) is 125 Å². The molecule has 5 fully saturated rings. The van der Waals surface area contributed by atoms with Crippen molar-refractivity contribution in [1.82, 2.24) is 20.2 Å². The first-order chi connectivity index (χ1) is 23.4. The average Bonchev–Trinajstić information content (AvgIpc) is 3.91. The predicted molar refractivity (Wildman–Crippen MR) is 188 cm³/mol. The zero-order chi connectivity index (χ0) is 34.9. The van der Waals surface area contributed by atoms with Crippen molar-refractivity contribution in [2.75, 3.05) is 42.6 Å². The first-order valence-electron chi connectivity index (χ1n) is 18.4. The van der Waals surface area contributed by atoms with Crippen molar-refractivity contribution in [3.63, 3.8) is 0 Å². The van der Waals surface area contributed by atoms with Crippen LogP contribution in [0.15, 0.2) is 18.7 Å². The molecule has 12 heteroatoms. The molecule has 0 spiro atoms. The summed E-state index contributed by atoms with van der Waals surface area (Å²) >= 11 is 6.54. The Morgan fingerprint density at radius 2 is 1.78 bits per heavy atom. The molecule has 1 aromatic heterocycles. The maximum Gasteiger partial charge on any atom is 0.306 e. The van der Waals surface area contributed by atoms with Crippen LogP contribution in [0.5, 0.6) is 0 Å². The zero-order valence-corrected chi connectivity index (χ0v) is 30.2. The largest absolute Gasteiger partial charge is 0.462 e. The van der Waals surface area contributed by atoms with Crippen LogP contribution in [0.4, 0.5) is 11.8 Å². The molecule has 49 heavy (non-hydrogen) atoms. The van der Waals surface area contributed by atoms with E-state index >= 15 is 0 Å². The normalized spacial score (nSPS) is 26.4. The van der Waals surface area contributed by atoms with Gasteiger partial charge in [0.1, 0.15) is 23.1 Å². The van der Waals surface area contributed by atoms with Gasteiger partial charge in [-0.2, -0.15) is 4.98 Å². The van der Waals surface area contributed by atoms with Crippen LogP contribution in [-0.4, -0.2) is 83.4 Å². The van der Waals surface area contributed by atoms with E-state index in [1.165, 1.54) is 0 Å². The standard InChI is InChI=1S/C37H53ClN6O5/c1-5-25-19-37(25,34(48)39-21-24-13-14-24)20-29(45)28-22-43(31-18-30(38)40-35(41-31)42-15-9-6-10-16-42)23-44(28)33(47)27(36(2,3)4)17-32(46)49-26-11-7-8-12-26/h5,18,24-28H,1,6-17,19-23H2,2-4H3,(H,39,48)/t25-,27-,28+,37-/m1/s1. The maximum atomic E-state index is 14.6. The summed E-state index contributed by atoms with van der Waals surface area (Å²) in [5.74, 6) is -0.185. The summed E-state index contributed by atoms with van der Waals surface area (Å²) in [7, 11) is 0. The highest BCUT2D eigenvalue weighted by Gasteiger charge is 2.60. The Morgan fingerprint density at radius 1 is 1.06 bits per heavy atom. The first-order valence-corrected chi connectivity index (χ1v) is 18.7. The van der Waals surface area contributed by atoms with Gasteiger partial charge in [0.05, 0.1) is 24.4 Å². The third-order valence-corrected chi connectivity index (χ3v) is 11.5. The summed E-state index contributed by atoms with van der Waals surface area (Å²) in [5, 5.41) is 3.38. The Balaban J connectivity index is 1.26. The second-order valence-corrected chi connectivity index (χ2v) is 16.5. The Morgan fingerprint density at radius 3 is 2.41 bits per heavy atom. The number of aromatic nitrogens is 2. The predicted octanol–water partition coefficient (Wildman–Crippen LogP) is 5.31. The van der Waals surface area contributed by atoms with E-state index in [1.54, 1.807) is 17.0 Å². The van der Waals surface area contributed by atoms with Gasteiger partial charge in [-0.3, -0.25) is 19.2 Å². The molecule has 2 amide bonds. The zero-order valence-electron chi connectivity index (χ0n) is 29.4. The summed E-state index contributed by atoms with van der Waals surface area (Å²) < 4.78 is 5.79. The summed E-state index contributed by atoms with van der Waals surface area (Å²) in [6.45, 7) is 12.3. The molecule has 0 unspecified atom stereocenters. The number of amides is 2. The third-order valence-electron chi connectivity index (χ3n) is 11.3. The van der Waals surface area contributed by atoms with Crippen molar-refractivity contribution in [2.45, 2.75) is 110 Å². The number of allylic oxidation sites excluding steroid dienone is 1. The lowest BCUT2D eigenvalue weighted by Crippen LogP contribution is -2.49. The molecule has 0 bridgehead atoms. The lowest BCUT2D eigenvalue weighted by Gasteiger charge is -2.34. The van der Waals surface area contributed by atoms with Gasteiger partial charge in [0.2, 0.25) is 17.8 Å². The van der Waals surface area contributed by atoms with Crippen molar-refractivity contribution in [3.8, 4) is 0 Å². The molecule has 1 aromatic rings. The van der Waals surface area contributed by atoms with Crippen molar-refractivity contribution < 1.29 is 23.9 Å². The van der Waals surface area contributed by atoms with Crippen LogP contribution in [0.2, 0.25) is 5.15 Å². The van der Waals surface area contributed by atoms with E-state index in [4.69, 9.17) is 21.3 Å². The molecule has 0 radical (unpaired) electrons. The number of ether oxygens (including phenoxy) is 1. The Kier molecular flexibility index (Phi) is 10.6. The number of hydrogen-bond acceptors (Lipinski definition) is 9. The molecule has 3 saturated carbocycles. The third kappa shape index (κ3) is 8.24. The van der Waals surface area contributed by atoms with Gasteiger partial charge in [0.25, 0.3) is 0 Å². The Hall–Kier alpha value is -3.21. The molecule has 2 aliphatic heterocycles. The number of nitrogens with one attached hydrogen (secondary N) is 1. The Bertz CT molecular complexity index is 1430. The monoisotopic (exact) mass is 696 g/mol.